The lowest BCUT2D eigenvalue weighted by Crippen LogP contribution is -2.44. The number of anilines is 2. The molecule has 1 N–H and O–H groups in total. The van der Waals surface area contributed by atoms with Gasteiger partial charge in [-0.25, -0.2) is 9.64 Å². The molecule has 11 nitrogen and oxygen atoms in total. The standard InChI is InChI=1S/C33H44N4O7S/c1-24-23-26(11-14-28(24)34-7)36-29(38)33(5,6)37(31(36)45)25-9-12-27(13-10-25)43-17-8-16-40-19-21-42-22-20-41-18-15-35-30(39)44-32(2,3)4/h9-14,23H,8,15-22H2,1-6H3,(H,35,39). The van der Waals surface area contributed by atoms with E-state index in [1.54, 1.807) is 12.1 Å². The Hall–Kier alpha value is -3.76. The van der Waals surface area contributed by atoms with Crippen LogP contribution in [0.25, 0.3) is 4.85 Å². The first kappa shape index (κ1) is 35.7. The monoisotopic (exact) mass is 640 g/mol. The predicted octanol–water partition coefficient (Wildman–Crippen LogP) is 5.81. The number of carbonyl (C=O) groups excluding carboxylic acids is 2. The van der Waals surface area contributed by atoms with E-state index in [0.29, 0.717) is 81.5 Å². The molecule has 0 bridgehead atoms. The number of aryl methyl sites for hydroxylation is 1. The van der Waals surface area contributed by atoms with E-state index in [1.165, 1.54) is 4.90 Å². The van der Waals surface area contributed by atoms with Gasteiger partial charge in [-0.15, -0.1) is 0 Å². The topological polar surface area (TPSA) is 103 Å². The van der Waals surface area contributed by atoms with Crippen LogP contribution in [0.3, 0.4) is 0 Å². The number of hydrogen-bond acceptors (Lipinski definition) is 8. The molecule has 0 atom stereocenters. The average molecular weight is 641 g/mol. The Morgan fingerprint density at radius 2 is 1.53 bits per heavy atom. The van der Waals surface area contributed by atoms with E-state index >= 15 is 0 Å². The van der Waals surface area contributed by atoms with Crippen LogP contribution in [-0.2, 0) is 23.7 Å². The molecule has 2 aromatic rings. The summed E-state index contributed by atoms with van der Waals surface area (Å²) in [6, 6.07) is 12.8. The Balaban J connectivity index is 1.30. The number of benzene rings is 2. The van der Waals surface area contributed by atoms with Gasteiger partial charge in [-0.3, -0.25) is 9.69 Å². The molecule has 1 saturated heterocycles. The van der Waals surface area contributed by atoms with E-state index in [-0.39, 0.29) is 5.91 Å². The quantitative estimate of drug-likeness (QED) is 0.138. The first-order valence-electron chi connectivity index (χ1n) is 14.9. The highest BCUT2D eigenvalue weighted by Gasteiger charge is 2.50. The Morgan fingerprint density at radius 3 is 2.13 bits per heavy atom. The molecule has 1 aliphatic heterocycles. The SMILES string of the molecule is [C-]#[N+]c1ccc(N2C(=O)C(C)(C)N(c3ccc(OCCCOCCOCCOCCNC(=O)OC(C)(C)C)cc3)C2=S)cc1C. The Kier molecular flexibility index (Phi) is 13.1. The highest BCUT2D eigenvalue weighted by molar-refractivity contribution is 7.81. The third-order valence-corrected chi connectivity index (χ3v) is 7.05. The summed E-state index contributed by atoms with van der Waals surface area (Å²) in [7, 11) is 0. The van der Waals surface area contributed by atoms with Crippen molar-refractivity contribution >= 4 is 46.4 Å². The van der Waals surface area contributed by atoms with Gasteiger partial charge in [0.15, 0.2) is 10.8 Å². The second-order valence-electron chi connectivity index (χ2n) is 11.9. The minimum Gasteiger partial charge on any atom is -0.494 e. The van der Waals surface area contributed by atoms with Crippen molar-refractivity contribution in [2.24, 2.45) is 0 Å². The van der Waals surface area contributed by atoms with Crippen LogP contribution in [0.5, 0.6) is 5.75 Å². The zero-order valence-electron chi connectivity index (χ0n) is 27.0. The number of amides is 2. The molecule has 1 heterocycles. The van der Waals surface area contributed by atoms with Crippen LogP contribution in [0, 0.1) is 13.5 Å². The fourth-order valence-electron chi connectivity index (χ4n) is 4.48. The van der Waals surface area contributed by atoms with Crippen LogP contribution in [0.1, 0.15) is 46.6 Å². The molecule has 0 spiro atoms. The molecule has 45 heavy (non-hydrogen) atoms. The van der Waals surface area contributed by atoms with Gasteiger partial charge in [0.1, 0.15) is 16.9 Å². The van der Waals surface area contributed by atoms with Crippen LogP contribution < -0.4 is 19.9 Å². The van der Waals surface area contributed by atoms with Gasteiger partial charge in [0.2, 0.25) is 0 Å². The number of ether oxygens (including phenoxy) is 5. The molecule has 0 unspecified atom stereocenters. The maximum Gasteiger partial charge on any atom is 0.407 e. The normalized spacial score (nSPS) is 14.4. The molecule has 3 rings (SSSR count). The van der Waals surface area contributed by atoms with Crippen molar-refractivity contribution in [3.8, 4) is 5.75 Å². The van der Waals surface area contributed by atoms with E-state index in [2.05, 4.69) is 10.2 Å². The fraction of sp³-hybridized carbons (Fsp3) is 0.515. The molecular formula is C33H44N4O7S. The Bertz CT molecular complexity index is 1350. The van der Waals surface area contributed by atoms with E-state index in [4.69, 9.17) is 42.5 Å². The Labute approximate surface area is 271 Å². The average Bonchev–Trinajstić information content (AvgIpc) is 3.15. The van der Waals surface area contributed by atoms with Crippen molar-refractivity contribution < 1.29 is 33.3 Å². The third-order valence-electron chi connectivity index (χ3n) is 6.68. The molecule has 1 fully saturated rings. The van der Waals surface area contributed by atoms with Gasteiger partial charge in [-0.05, 0) is 95.7 Å². The number of nitrogens with zero attached hydrogens (tertiary/aromatic N) is 3. The predicted molar refractivity (Wildman–Crippen MR) is 177 cm³/mol. The van der Waals surface area contributed by atoms with Gasteiger partial charge < -0.3 is 33.9 Å². The number of thiocarbonyl (C=S) groups is 1. The minimum atomic E-state index is -0.888. The summed E-state index contributed by atoms with van der Waals surface area (Å²) in [6.45, 7) is 21.8. The van der Waals surface area contributed by atoms with Crippen LogP contribution in [0.15, 0.2) is 42.5 Å². The van der Waals surface area contributed by atoms with Gasteiger partial charge in [-0.2, -0.15) is 0 Å². The molecule has 1 aliphatic rings. The molecule has 0 saturated carbocycles. The smallest absolute Gasteiger partial charge is 0.407 e. The summed E-state index contributed by atoms with van der Waals surface area (Å²) < 4.78 is 27.5. The van der Waals surface area contributed by atoms with Gasteiger partial charge in [0.25, 0.3) is 5.91 Å². The zero-order valence-corrected chi connectivity index (χ0v) is 27.8. The summed E-state index contributed by atoms with van der Waals surface area (Å²) in [5, 5.41) is 3.02. The summed E-state index contributed by atoms with van der Waals surface area (Å²) >= 11 is 5.77. The molecule has 0 radical (unpaired) electrons. The highest BCUT2D eigenvalue weighted by atomic mass is 32.1. The van der Waals surface area contributed by atoms with Crippen LogP contribution in [0.4, 0.5) is 21.9 Å². The zero-order chi connectivity index (χ0) is 33.0. The first-order chi connectivity index (χ1) is 21.3. The van der Waals surface area contributed by atoms with E-state index in [1.807, 2.05) is 76.8 Å². The van der Waals surface area contributed by atoms with Crippen molar-refractivity contribution in [3.63, 3.8) is 0 Å². The highest BCUT2D eigenvalue weighted by Crippen LogP contribution is 2.38. The van der Waals surface area contributed by atoms with Crippen LogP contribution >= 0.6 is 12.2 Å². The lowest BCUT2D eigenvalue weighted by molar-refractivity contribution is -0.120. The second kappa shape index (κ2) is 16.5. The van der Waals surface area contributed by atoms with Crippen LogP contribution in [0.2, 0.25) is 0 Å². The molecule has 2 aromatic carbocycles. The van der Waals surface area contributed by atoms with E-state index in [0.717, 1.165) is 11.3 Å². The Morgan fingerprint density at radius 1 is 0.933 bits per heavy atom. The molecule has 244 valence electrons. The lowest BCUT2D eigenvalue weighted by Gasteiger charge is -2.29. The maximum atomic E-state index is 13.4. The van der Waals surface area contributed by atoms with E-state index < -0.39 is 17.2 Å². The molecule has 12 heteroatoms. The summed E-state index contributed by atoms with van der Waals surface area (Å²) in [5.74, 6) is 0.575. The van der Waals surface area contributed by atoms with Gasteiger partial charge in [0, 0.05) is 30.9 Å². The largest absolute Gasteiger partial charge is 0.494 e. The minimum absolute atomic E-state index is 0.133. The second-order valence-corrected chi connectivity index (χ2v) is 12.2. The van der Waals surface area contributed by atoms with Gasteiger partial charge in [0.05, 0.1) is 46.2 Å². The van der Waals surface area contributed by atoms with E-state index in [9.17, 15) is 9.59 Å². The number of nitrogens with one attached hydrogen (secondary N) is 1. The lowest BCUT2D eigenvalue weighted by atomic mass is 10.0. The van der Waals surface area contributed by atoms with Crippen LogP contribution in [-0.4, -0.2) is 81.0 Å². The summed E-state index contributed by atoms with van der Waals surface area (Å²) in [6.07, 6.45) is 0.256. The number of carbonyl (C=O) groups is 2. The van der Waals surface area contributed by atoms with Gasteiger partial charge in [-0.1, -0.05) is 6.07 Å². The number of rotatable bonds is 16. The molecule has 2 amide bonds. The summed E-state index contributed by atoms with van der Waals surface area (Å²) in [5.41, 5.74) is 1.36. The number of hydrogen-bond donors (Lipinski definition) is 1. The molecule has 0 aliphatic carbocycles. The first-order valence-corrected chi connectivity index (χ1v) is 15.4. The number of alkyl carbamates (subject to hydrolysis) is 1. The maximum absolute atomic E-state index is 13.4. The summed E-state index contributed by atoms with van der Waals surface area (Å²) in [4.78, 5) is 31.9. The third kappa shape index (κ3) is 10.4. The molecular weight excluding hydrogens is 596 g/mol. The van der Waals surface area contributed by atoms with Crippen molar-refractivity contribution in [1.82, 2.24) is 5.32 Å². The van der Waals surface area contributed by atoms with Crippen molar-refractivity contribution in [3.05, 3.63) is 59.4 Å². The fourth-order valence-corrected chi connectivity index (χ4v) is 5.01. The molecule has 0 aromatic heterocycles. The van der Waals surface area contributed by atoms with Gasteiger partial charge >= 0.3 is 6.09 Å². The van der Waals surface area contributed by atoms with Crippen molar-refractivity contribution in [2.45, 2.75) is 59.1 Å². The van der Waals surface area contributed by atoms with Crippen molar-refractivity contribution in [1.29, 1.82) is 0 Å². The van der Waals surface area contributed by atoms with Crippen molar-refractivity contribution in [2.75, 3.05) is 62.6 Å².